The highest BCUT2D eigenvalue weighted by atomic mass is 32.2. The molecule has 0 amide bonds. The van der Waals surface area contributed by atoms with Crippen LogP contribution in [0.15, 0.2) is 29.2 Å². The number of hydrogen-bond acceptors (Lipinski definition) is 3. The quantitative estimate of drug-likeness (QED) is 0.769. The van der Waals surface area contributed by atoms with Gasteiger partial charge in [0.15, 0.2) is 0 Å². The molecule has 16 heavy (non-hydrogen) atoms. The minimum Gasteiger partial charge on any atom is -0.488 e. The van der Waals surface area contributed by atoms with Crippen molar-refractivity contribution in [3.05, 3.63) is 24.3 Å². The smallest absolute Gasteiger partial charge is 0.133 e. The van der Waals surface area contributed by atoms with Crippen LogP contribution in [-0.2, 0) is 0 Å². The molecule has 1 N–H and O–H groups in total. The molecule has 0 spiro atoms. The van der Waals surface area contributed by atoms with Gasteiger partial charge >= 0.3 is 0 Å². The van der Waals surface area contributed by atoms with Gasteiger partial charge < -0.3 is 10.1 Å². The number of nitrogens with one attached hydrogen (secondary N) is 1. The number of benzene rings is 1. The van der Waals surface area contributed by atoms with Crippen LogP contribution in [0.2, 0.25) is 0 Å². The lowest BCUT2D eigenvalue weighted by atomic mass is 10.3. The van der Waals surface area contributed by atoms with Crippen molar-refractivity contribution in [1.82, 2.24) is 5.32 Å². The van der Waals surface area contributed by atoms with Crippen LogP contribution < -0.4 is 10.1 Å². The maximum Gasteiger partial charge on any atom is 0.133 e. The van der Waals surface area contributed by atoms with Crippen molar-refractivity contribution in [2.24, 2.45) is 0 Å². The van der Waals surface area contributed by atoms with Gasteiger partial charge in [0.1, 0.15) is 11.9 Å². The second kappa shape index (κ2) is 5.60. The number of ether oxygens (including phenoxy) is 1. The van der Waals surface area contributed by atoms with E-state index in [1.807, 2.05) is 18.2 Å². The Bertz CT molecular complexity index is 338. The first-order valence-corrected chi connectivity index (χ1v) is 7.05. The molecule has 0 bridgehead atoms. The summed E-state index contributed by atoms with van der Waals surface area (Å²) in [5.74, 6) is 1.00. The second-order valence-electron chi connectivity index (χ2n) is 4.26. The maximum atomic E-state index is 5.93. The lowest BCUT2D eigenvalue weighted by Gasteiger charge is -2.17. The van der Waals surface area contributed by atoms with Crippen molar-refractivity contribution < 1.29 is 4.74 Å². The van der Waals surface area contributed by atoms with E-state index in [1.54, 1.807) is 11.8 Å². The number of para-hydroxylation sites is 1. The molecule has 1 fully saturated rings. The predicted molar refractivity (Wildman–Crippen MR) is 69.3 cm³/mol. The van der Waals surface area contributed by atoms with E-state index in [2.05, 4.69) is 24.6 Å². The van der Waals surface area contributed by atoms with E-state index >= 15 is 0 Å². The van der Waals surface area contributed by atoms with Gasteiger partial charge in [0.05, 0.1) is 0 Å². The fraction of sp³-hybridized carbons (Fsp3) is 0.538. The van der Waals surface area contributed by atoms with Gasteiger partial charge in [-0.25, -0.2) is 0 Å². The van der Waals surface area contributed by atoms with Gasteiger partial charge in [0.2, 0.25) is 0 Å². The topological polar surface area (TPSA) is 21.3 Å². The predicted octanol–water partition coefficient (Wildman–Crippen LogP) is 2.93. The molecule has 0 aliphatic heterocycles. The van der Waals surface area contributed by atoms with Crippen molar-refractivity contribution in [1.29, 1.82) is 0 Å². The van der Waals surface area contributed by atoms with E-state index in [0.29, 0.717) is 0 Å². The van der Waals surface area contributed by atoms with Crippen LogP contribution in [0.1, 0.15) is 19.8 Å². The van der Waals surface area contributed by atoms with Gasteiger partial charge in [-0.15, -0.1) is 11.8 Å². The van der Waals surface area contributed by atoms with Crippen LogP contribution in [0, 0.1) is 0 Å². The normalized spacial score (nSPS) is 17.1. The molecule has 1 atom stereocenters. The van der Waals surface area contributed by atoms with Crippen molar-refractivity contribution in [3.63, 3.8) is 0 Å². The molecule has 2 rings (SSSR count). The van der Waals surface area contributed by atoms with E-state index in [-0.39, 0.29) is 6.10 Å². The standard InChI is InChI=1S/C13H19NOS/c1-10(9-14-11-7-8-11)15-12-5-3-4-6-13(12)16-2/h3-6,10-11,14H,7-9H2,1-2H3. The van der Waals surface area contributed by atoms with Crippen molar-refractivity contribution in [3.8, 4) is 5.75 Å². The van der Waals surface area contributed by atoms with Crippen LogP contribution in [0.3, 0.4) is 0 Å². The molecule has 1 saturated carbocycles. The van der Waals surface area contributed by atoms with Crippen molar-refractivity contribution in [2.75, 3.05) is 12.8 Å². The second-order valence-corrected chi connectivity index (χ2v) is 5.11. The molecular formula is C13H19NOS. The molecule has 2 nitrogen and oxygen atoms in total. The van der Waals surface area contributed by atoms with Gasteiger partial charge in [-0.2, -0.15) is 0 Å². The number of thioether (sulfide) groups is 1. The summed E-state index contributed by atoms with van der Waals surface area (Å²) in [6.07, 6.45) is 4.96. The number of rotatable bonds is 6. The molecular weight excluding hydrogens is 218 g/mol. The van der Waals surface area contributed by atoms with E-state index in [0.717, 1.165) is 18.3 Å². The third-order valence-corrected chi connectivity index (χ3v) is 3.45. The molecule has 1 aliphatic rings. The van der Waals surface area contributed by atoms with Crippen molar-refractivity contribution in [2.45, 2.75) is 36.8 Å². The summed E-state index contributed by atoms with van der Waals surface area (Å²) < 4.78 is 5.93. The Kier molecular flexibility index (Phi) is 4.13. The first-order valence-electron chi connectivity index (χ1n) is 5.82. The minimum absolute atomic E-state index is 0.230. The van der Waals surface area contributed by atoms with Crippen LogP contribution in [0.4, 0.5) is 0 Å². The summed E-state index contributed by atoms with van der Waals surface area (Å²) in [6, 6.07) is 8.96. The molecule has 1 aliphatic carbocycles. The first-order chi connectivity index (χ1) is 7.79. The fourth-order valence-corrected chi connectivity index (χ4v) is 2.13. The monoisotopic (exact) mass is 237 g/mol. The SMILES string of the molecule is CSc1ccccc1OC(C)CNC1CC1. The lowest BCUT2D eigenvalue weighted by molar-refractivity contribution is 0.211. The average molecular weight is 237 g/mol. The largest absolute Gasteiger partial charge is 0.488 e. The van der Waals surface area contributed by atoms with Gasteiger partial charge in [0, 0.05) is 17.5 Å². The van der Waals surface area contributed by atoms with E-state index < -0.39 is 0 Å². The Labute approximate surface area is 102 Å². The first kappa shape index (κ1) is 11.8. The van der Waals surface area contributed by atoms with Crippen LogP contribution in [-0.4, -0.2) is 24.9 Å². The lowest BCUT2D eigenvalue weighted by Crippen LogP contribution is -2.30. The summed E-state index contributed by atoms with van der Waals surface area (Å²) >= 11 is 1.73. The van der Waals surface area contributed by atoms with Crippen molar-refractivity contribution >= 4 is 11.8 Å². The summed E-state index contributed by atoms with van der Waals surface area (Å²) in [5, 5.41) is 3.48. The molecule has 0 heterocycles. The van der Waals surface area contributed by atoms with E-state index in [1.165, 1.54) is 17.7 Å². The Hall–Kier alpha value is -0.670. The fourth-order valence-electron chi connectivity index (χ4n) is 1.59. The molecule has 0 radical (unpaired) electrons. The summed E-state index contributed by atoms with van der Waals surface area (Å²) in [6.45, 7) is 3.06. The van der Waals surface area contributed by atoms with Gasteiger partial charge in [-0.05, 0) is 38.2 Å². The Morgan fingerprint density at radius 2 is 2.19 bits per heavy atom. The highest BCUT2D eigenvalue weighted by Gasteiger charge is 2.21. The van der Waals surface area contributed by atoms with E-state index in [9.17, 15) is 0 Å². The molecule has 1 unspecified atom stereocenters. The molecule has 0 aromatic heterocycles. The minimum atomic E-state index is 0.230. The third kappa shape index (κ3) is 3.42. The molecule has 1 aromatic rings. The molecule has 3 heteroatoms. The Balaban J connectivity index is 1.85. The van der Waals surface area contributed by atoms with Crippen LogP contribution in [0.5, 0.6) is 5.75 Å². The number of hydrogen-bond donors (Lipinski definition) is 1. The van der Waals surface area contributed by atoms with Gasteiger partial charge in [-0.1, -0.05) is 12.1 Å². The Morgan fingerprint density at radius 1 is 1.44 bits per heavy atom. The summed E-state index contributed by atoms with van der Waals surface area (Å²) in [5.41, 5.74) is 0. The zero-order valence-corrected chi connectivity index (χ0v) is 10.7. The third-order valence-electron chi connectivity index (χ3n) is 2.67. The van der Waals surface area contributed by atoms with Crippen LogP contribution >= 0.6 is 11.8 Å². The van der Waals surface area contributed by atoms with Crippen LogP contribution in [0.25, 0.3) is 0 Å². The van der Waals surface area contributed by atoms with E-state index in [4.69, 9.17) is 4.74 Å². The summed E-state index contributed by atoms with van der Waals surface area (Å²) in [7, 11) is 0. The van der Waals surface area contributed by atoms with Gasteiger partial charge in [0.25, 0.3) is 0 Å². The molecule has 0 saturated heterocycles. The molecule has 1 aromatic carbocycles. The highest BCUT2D eigenvalue weighted by Crippen LogP contribution is 2.27. The highest BCUT2D eigenvalue weighted by molar-refractivity contribution is 7.98. The van der Waals surface area contributed by atoms with Gasteiger partial charge in [-0.3, -0.25) is 0 Å². The average Bonchev–Trinajstić information content (AvgIpc) is 3.11. The molecule has 88 valence electrons. The maximum absolute atomic E-state index is 5.93. The summed E-state index contributed by atoms with van der Waals surface area (Å²) in [4.78, 5) is 1.21. The zero-order valence-electron chi connectivity index (χ0n) is 9.90. The zero-order chi connectivity index (χ0) is 11.4. The Morgan fingerprint density at radius 3 is 2.88 bits per heavy atom.